The van der Waals surface area contributed by atoms with Gasteiger partial charge in [-0.3, -0.25) is 9.69 Å². The van der Waals surface area contributed by atoms with E-state index in [9.17, 15) is 4.79 Å². The third kappa shape index (κ3) is 5.05. The van der Waals surface area contributed by atoms with E-state index in [4.69, 9.17) is 9.47 Å². The average molecular weight is 497 g/mol. The lowest BCUT2D eigenvalue weighted by Crippen LogP contribution is -2.43. The van der Waals surface area contributed by atoms with E-state index >= 15 is 4.39 Å². The summed E-state index contributed by atoms with van der Waals surface area (Å²) in [4.78, 5) is 25.2. The van der Waals surface area contributed by atoms with Crippen LogP contribution in [0.25, 0.3) is 16.7 Å². The van der Waals surface area contributed by atoms with Gasteiger partial charge in [0.1, 0.15) is 17.8 Å². The number of fused-ring (bicyclic) bond motifs is 1. The van der Waals surface area contributed by atoms with E-state index in [2.05, 4.69) is 32.1 Å². The summed E-state index contributed by atoms with van der Waals surface area (Å²) in [5.41, 5.74) is 2.91. The number of piperidine rings is 1. The molecule has 3 aromatic rings. The first-order valence-electron chi connectivity index (χ1n) is 12.6. The maximum Gasteiger partial charge on any atom is 0.320 e. The summed E-state index contributed by atoms with van der Waals surface area (Å²) < 4.78 is 27.7. The van der Waals surface area contributed by atoms with Crippen molar-refractivity contribution in [2.24, 2.45) is 0 Å². The molecule has 2 aliphatic rings. The fourth-order valence-corrected chi connectivity index (χ4v) is 5.24. The minimum absolute atomic E-state index is 0.129. The number of carbonyl (C=O) groups excluding carboxylic acids is 1. The lowest BCUT2D eigenvalue weighted by Gasteiger charge is -2.35. The molecule has 10 heteroatoms. The second-order valence-electron chi connectivity index (χ2n) is 9.51. The number of benzene rings is 1. The Morgan fingerprint density at radius 3 is 2.67 bits per heavy atom. The minimum atomic E-state index is -1.07. The molecule has 2 aliphatic heterocycles. The molecule has 1 aromatic carbocycles. The number of esters is 1. The van der Waals surface area contributed by atoms with Gasteiger partial charge in [0, 0.05) is 37.0 Å². The van der Waals surface area contributed by atoms with Gasteiger partial charge in [0.05, 0.1) is 38.1 Å². The van der Waals surface area contributed by atoms with E-state index in [1.807, 2.05) is 35.7 Å². The largest absolute Gasteiger partial charge is 0.465 e. The smallest absolute Gasteiger partial charge is 0.320 e. The predicted octanol–water partition coefficient (Wildman–Crippen LogP) is 2.96. The third-order valence-corrected chi connectivity index (χ3v) is 7.00. The van der Waals surface area contributed by atoms with Gasteiger partial charge in [-0.05, 0) is 57.0 Å². The van der Waals surface area contributed by atoms with Crippen molar-refractivity contribution in [1.29, 1.82) is 0 Å². The van der Waals surface area contributed by atoms with Crippen molar-refractivity contribution in [3.63, 3.8) is 0 Å². The Kier molecular flexibility index (Phi) is 7.15. The van der Waals surface area contributed by atoms with Gasteiger partial charge in [-0.15, -0.1) is 0 Å². The number of morpholine rings is 1. The zero-order valence-corrected chi connectivity index (χ0v) is 21.1. The predicted molar refractivity (Wildman–Crippen MR) is 134 cm³/mol. The highest BCUT2D eigenvalue weighted by Gasteiger charge is 2.32. The molecule has 0 bridgehead atoms. The van der Waals surface area contributed by atoms with E-state index < -0.39 is 6.17 Å². The van der Waals surface area contributed by atoms with Crippen LogP contribution < -0.4 is 4.90 Å². The first-order valence-corrected chi connectivity index (χ1v) is 12.6. The number of anilines is 1. The Balaban J connectivity index is 1.43. The molecule has 0 saturated carbocycles. The van der Waals surface area contributed by atoms with Gasteiger partial charge in [-0.1, -0.05) is 0 Å². The number of nitrogens with zero attached hydrogens (tertiary/aromatic N) is 6. The number of aryl methyl sites for hydroxylation is 2. The van der Waals surface area contributed by atoms with Gasteiger partial charge in [0.25, 0.3) is 0 Å². The van der Waals surface area contributed by atoms with Crippen LogP contribution in [0.4, 0.5) is 10.2 Å². The number of ether oxygens (including phenoxy) is 2. The van der Waals surface area contributed by atoms with Crippen molar-refractivity contribution in [3.8, 4) is 5.82 Å². The van der Waals surface area contributed by atoms with E-state index in [1.54, 1.807) is 6.92 Å². The molecule has 5 rings (SSSR count). The molecule has 2 aromatic heterocycles. The van der Waals surface area contributed by atoms with Crippen LogP contribution in [0.2, 0.25) is 0 Å². The van der Waals surface area contributed by atoms with Crippen LogP contribution in [0.5, 0.6) is 0 Å². The van der Waals surface area contributed by atoms with E-state index in [-0.39, 0.29) is 25.0 Å². The Hall–Kier alpha value is -3.11. The molecule has 2 fully saturated rings. The fraction of sp³-hybridized carbons (Fsp3) is 0.538. The summed E-state index contributed by atoms with van der Waals surface area (Å²) >= 11 is 0. The van der Waals surface area contributed by atoms with Gasteiger partial charge < -0.3 is 14.4 Å². The number of hydrogen-bond acceptors (Lipinski definition) is 8. The molecule has 0 spiro atoms. The average Bonchev–Trinajstić information content (AvgIpc) is 3.27. The number of halogens is 1. The van der Waals surface area contributed by atoms with Crippen LogP contribution in [0.1, 0.15) is 36.2 Å². The molecule has 9 nitrogen and oxygen atoms in total. The van der Waals surface area contributed by atoms with Gasteiger partial charge >= 0.3 is 5.97 Å². The van der Waals surface area contributed by atoms with Crippen LogP contribution >= 0.6 is 0 Å². The van der Waals surface area contributed by atoms with Crippen molar-refractivity contribution in [2.45, 2.75) is 39.3 Å². The van der Waals surface area contributed by atoms with Crippen LogP contribution in [0.15, 0.2) is 24.4 Å². The topological polar surface area (TPSA) is 85.6 Å². The van der Waals surface area contributed by atoms with Crippen molar-refractivity contribution in [3.05, 3.63) is 41.3 Å². The highest BCUT2D eigenvalue weighted by molar-refractivity contribution is 5.82. The van der Waals surface area contributed by atoms with Crippen LogP contribution in [-0.4, -0.2) is 89.3 Å². The molecular weight excluding hydrogens is 463 g/mol. The summed E-state index contributed by atoms with van der Waals surface area (Å²) in [7, 11) is 0. The van der Waals surface area contributed by atoms with Gasteiger partial charge in [0.15, 0.2) is 5.82 Å². The van der Waals surface area contributed by atoms with Gasteiger partial charge in [-0.2, -0.15) is 5.10 Å². The van der Waals surface area contributed by atoms with Crippen LogP contribution in [0, 0.1) is 13.8 Å². The standard InChI is InChI=1S/C26H33FN6O3/c1-4-36-26(34)16-31-6-5-20(22(27)15-31)21-12-23-19(11-17(21)2)14-28-33(23)25-13-24(29-18(3)30-25)32-7-9-35-10-8-32/h11-14,20,22H,4-10,15-16H2,1-3H3. The normalized spacial score (nSPS) is 21.2. The first-order chi connectivity index (χ1) is 17.4. The zero-order valence-electron chi connectivity index (χ0n) is 21.1. The highest BCUT2D eigenvalue weighted by Crippen LogP contribution is 2.35. The molecule has 0 aliphatic carbocycles. The van der Waals surface area contributed by atoms with Crippen molar-refractivity contribution in [1.82, 2.24) is 24.6 Å². The van der Waals surface area contributed by atoms with E-state index in [1.165, 1.54) is 0 Å². The number of carbonyl (C=O) groups is 1. The fourth-order valence-electron chi connectivity index (χ4n) is 5.24. The number of hydrogen-bond donors (Lipinski definition) is 0. The molecule has 0 amide bonds. The lowest BCUT2D eigenvalue weighted by atomic mass is 9.85. The Morgan fingerprint density at radius 2 is 1.92 bits per heavy atom. The molecule has 2 unspecified atom stereocenters. The number of likely N-dealkylation sites (tertiary alicyclic amines) is 1. The Morgan fingerprint density at radius 1 is 1.14 bits per heavy atom. The van der Waals surface area contributed by atoms with E-state index in [0.717, 1.165) is 40.9 Å². The van der Waals surface area contributed by atoms with E-state index in [0.29, 0.717) is 44.4 Å². The Labute approximate surface area is 210 Å². The van der Waals surface area contributed by atoms with Crippen molar-refractivity contribution >= 4 is 22.7 Å². The second-order valence-corrected chi connectivity index (χ2v) is 9.51. The molecule has 0 radical (unpaired) electrons. The number of rotatable bonds is 6. The molecule has 4 heterocycles. The number of aromatic nitrogens is 4. The monoisotopic (exact) mass is 496 g/mol. The summed E-state index contributed by atoms with van der Waals surface area (Å²) in [6, 6.07) is 6.08. The third-order valence-electron chi connectivity index (χ3n) is 7.00. The summed E-state index contributed by atoms with van der Waals surface area (Å²) in [6.07, 6.45) is 1.39. The summed E-state index contributed by atoms with van der Waals surface area (Å²) in [5.74, 6) is 1.67. The maximum atomic E-state index is 15.4. The molecule has 0 N–H and O–H groups in total. The summed E-state index contributed by atoms with van der Waals surface area (Å²) in [6.45, 7) is 9.93. The molecule has 2 atom stereocenters. The Bertz CT molecular complexity index is 1240. The molecule has 192 valence electrons. The SMILES string of the molecule is CCOC(=O)CN1CCC(c2cc3c(cnn3-c3cc(N4CCOCC4)nc(C)n3)cc2C)C(F)C1. The summed E-state index contributed by atoms with van der Waals surface area (Å²) in [5, 5.41) is 5.61. The minimum Gasteiger partial charge on any atom is -0.465 e. The van der Waals surface area contributed by atoms with Crippen LogP contribution in [-0.2, 0) is 14.3 Å². The van der Waals surface area contributed by atoms with Crippen molar-refractivity contribution < 1.29 is 18.7 Å². The van der Waals surface area contributed by atoms with Crippen LogP contribution in [0.3, 0.4) is 0 Å². The number of alkyl halides is 1. The maximum absolute atomic E-state index is 15.4. The van der Waals surface area contributed by atoms with Gasteiger partial charge in [-0.25, -0.2) is 19.0 Å². The molecular formula is C26H33FN6O3. The molecule has 2 saturated heterocycles. The molecule has 36 heavy (non-hydrogen) atoms. The second kappa shape index (κ2) is 10.5. The zero-order chi connectivity index (χ0) is 25.2. The van der Waals surface area contributed by atoms with Gasteiger partial charge in [0.2, 0.25) is 0 Å². The lowest BCUT2D eigenvalue weighted by molar-refractivity contribution is -0.145. The van der Waals surface area contributed by atoms with Crippen molar-refractivity contribution in [2.75, 3.05) is 57.4 Å². The quantitative estimate of drug-likeness (QED) is 0.482. The first kappa shape index (κ1) is 24.6. The highest BCUT2D eigenvalue weighted by atomic mass is 19.1.